The smallest absolute Gasteiger partial charge is 0.320 e. The number of ether oxygens (including phenoxy) is 2. The number of hydrogen-bond donors (Lipinski definition) is 0. The van der Waals surface area contributed by atoms with Gasteiger partial charge in [0.25, 0.3) is 0 Å². The lowest BCUT2D eigenvalue weighted by atomic mass is 9.99. The van der Waals surface area contributed by atoms with Crippen LogP contribution in [0.4, 0.5) is 0 Å². The van der Waals surface area contributed by atoms with Crippen LogP contribution in [0.5, 0.6) is 0 Å². The van der Waals surface area contributed by atoms with Crippen molar-refractivity contribution < 1.29 is 19.1 Å². The molecule has 0 radical (unpaired) electrons. The van der Waals surface area contributed by atoms with Crippen molar-refractivity contribution in [3.8, 4) is 0 Å². The van der Waals surface area contributed by atoms with Crippen molar-refractivity contribution in [3.05, 3.63) is 41.5 Å². The summed E-state index contributed by atoms with van der Waals surface area (Å²) >= 11 is 0. The standard InChI is InChI=1S/C17H22O4/c1-13(12-14-9-5-4-6-10-14)8-7-11-15(16(18)20-2)17(19)21-3/h4-6,9-10,12,15H,7-8,11H2,1-3H3/b13-12+. The predicted molar refractivity (Wildman–Crippen MR) is 81.5 cm³/mol. The maximum atomic E-state index is 11.5. The van der Waals surface area contributed by atoms with Gasteiger partial charge in [-0.3, -0.25) is 9.59 Å². The fraction of sp³-hybridized carbons (Fsp3) is 0.412. The van der Waals surface area contributed by atoms with E-state index in [1.807, 2.05) is 37.3 Å². The number of methoxy groups -OCH3 is 2. The minimum absolute atomic E-state index is 0.430. The molecule has 4 heteroatoms. The minimum Gasteiger partial charge on any atom is -0.468 e. The lowest BCUT2D eigenvalue weighted by Crippen LogP contribution is -2.26. The van der Waals surface area contributed by atoms with Gasteiger partial charge in [0, 0.05) is 0 Å². The van der Waals surface area contributed by atoms with Crippen LogP contribution < -0.4 is 0 Å². The second-order valence-electron chi connectivity index (χ2n) is 4.89. The normalized spacial score (nSPS) is 11.3. The van der Waals surface area contributed by atoms with Crippen LogP contribution in [0.3, 0.4) is 0 Å². The molecule has 21 heavy (non-hydrogen) atoms. The fourth-order valence-corrected chi connectivity index (χ4v) is 2.11. The number of carbonyl (C=O) groups excluding carboxylic acids is 2. The van der Waals surface area contributed by atoms with Crippen molar-refractivity contribution in [3.63, 3.8) is 0 Å². The van der Waals surface area contributed by atoms with Crippen LogP contribution in [-0.4, -0.2) is 26.2 Å². The van der Waals surface area contributed by atoms with E-state index >= 15 is 0 Å². The van der Waals surface area contributed by atoms with Gasteiger partial charge in [-0.15, -0.1) is 0 Å². The third kappa shape index (κ3) is 5.81. The Morgan fingerprint density at radius 3 is 2.19 bits per heavy atom. The summed E-state index contributed by atoms with van der Waals surface area (Å²) in [5.41, 5.74) is 2.35. The van der Waals surface area contributed by atoms with Crippen LogP contribution in [0.2, 0.25) is 0 Å². The van der Waals surface area contributed by atoms with Gasteiger partial charge in [0.15, 0.2) is 5.92 Å². The molecule has 4 nitrogen and oxygen atoms in total. The maximum absolute atomic E-state index is 11.5. The highest BCUT2D eigenvalue weighted by Gasteiger charge is 2.27. The van der Waals surface area contributed by atoms with E-state index in [0.717, 1.165) is 18.4 Å². The van der Waals surface area contributed by atoms with Crippen molar-refractivity contribution in [1.82, 2.24) is 0 Å². The van der Waals surface area contributed by atoms with Gasteiger partial charge in [-0.2, -0.15) is 0 Å². The monoisotopic (exact) mass is 290 g/mol. The molecule has 0 N–H and O–H groups in total. The van der Waals surface area contributed by atoms with E-state index in [1.165, 1.54) is 19.8 Å². The van der Waals surface area contributed by atoms with E-state index < -0.39 is 17.9 Å². The molecule has 0 unspecified atom stereocenters. The zero-order valence-electron chi connectivity index (χ0n) is 12.8. The van der Waals surface area contributed by atoms with Gasteiger partial charge >= 0.3 is 11.9 Å². The molecule has 0 fully saturated rings. The van der Waals surface area contributed by atoms with E-state index in [2.05, 4.69) is 15.5 Å². The summed E-state index contributed by atoms with van der Waals surface area (Å²) in [6.07, 6.45) is 4.08. The van der Waals surface area contributed by atoms with Crippen molar-refractivity contribution >= 4 is 18.0 Å². The number of rotatable bonds is 7. The van der Waals surface area contributed by atoms with Gasteiger partial charge in [0.1, 0.15) is 0 Å². The van der Waals surface area contributed by atoms with Crippen molar-refractivity contribution in [1.29, 1.82) is 0 Å². The van der Waals surface area contributed by atoms with Gasteiger partial charge in [-0.25, -0.2) is 0 Å². The molecule has 1 aromatic rings. The lowest BCUT2D eigenvalue weighted by molar-refractivity contribution is -0.159. The highest BCUT2D eigenvalue weighted by molar-refractivity contribution is 5.94. The molecule has 1 rings (SSSR count). The number of allylic oxidation sites excluding steroid dienone is 1. The van der Waals surface area contributed by atoms with E-state index in [0.29, 0.717) is 6.42 Å². The molecule has 0 aliphatic carbocycles. The molecule has 0 aromatic heterocycles. The van der Waals surface area contributed by atoms with Crippen LogP contribution in [0.15, 0.2) is 35.9 Å². The fourth-order valence-electron chi connectivity index (χ4n) is 2.11. The molecule has 0 amide bonds. The zero-order chi connectivity index (χ0) is 15.7. The number of esters is 2. The molecule has 0 bridgehead atoms. The van der Waals surface area contributed by atoms with Gasteiger partial charge in [0.2, 0.25) is 0 Å². The Morgan fingerprint density at radius 2 is 1.67 bits per heavy atom. The molecule has 0 saturated carbocycles. The molecule has 1 aromatic carbocycles. The second-order valence-corrected chi connectivity index (χ2v) is 4.89. The first-order valence-electron chi connectivity index (χ1n) is 6.96. The Kier molecular flexibility index (Phi) is 7.23. The Balaban J connectivity index is 2.52. The average molecular weight is 290 g/mol. The van der Waals surface area contributed by atoms with Crippen LogP contribution in [0, 0.1) is 5.92 Å². The molecule has 0 aliphatic heterocycles. The van der Waals surface area contributed by atoms with Crippen LogP contribution >= 0.6 is 0 Å². The molecule has 0 atom stereocenters. The first-order chi connectivity index (χ1) is 10.1. The maximum Gasteiger partial charge on any atom is 0.320 e. The third-order valence-electron chi connectivity index (χ3n) is 3.25. The molecule has 0 aliphatic rings. The Bertz CT molecular complexity index is 475. The molecule has 0 spiro atoms. The summed E-state index contributed by atoms with van der Waals surface area (Å²) in [5, 5.41) is 0. The third-order valence-corrected chi connectivity index (χ3v) is 3.25. The number of hydrogen-bond acceptors (Lipinski definition) is 4. The minimum atomic E-state index is -0.829. The number of carbonyl (C=O) groups is 2. The summed E-state index contributed by atoms with van der Waals surface area (Å²) in [6, 6.07) is 10.0. The quantitative estimate of drug-likeness (QED) is 0.571. The highest BCUT2D eigenvalue weighted by Crippen LogP contribution is 2.17. The molecular formula is C17H22O4. The molecule has 0 heterocycles. The van der Waals surface area contributed by atoms with Crippen LogP contribution in [0.25, 0.3) is 6.08 Å². The van der Waals surface area contributed by atoms with E-state index in [9.17, 15) is 9.59 Å². The predicted octanol–water partition coefficient (Wildman–Crippen LogP) is 3.22. The zero-order valence-corrected chi connectivity index (χ0v) is 12.8. The first kappa shape index (κ1) is 17.0. The number of benzene rings is 1. The Morgan fingerprint density at radius 1 is 1.10 bits per heavy atom. The van der Waals surface area contributed by atoms with E-state index in [-0.39, 0.29) is 0 Å². The van der Waals surface area contributed by atoms with Crippen LogP contribution in [-0.2, 0) is 19.1 Å². The van der Waals surface area contributed by atoms with E-state index in [1.54, 1.807) is 0 Å². The highest BCUT2D eigenvalue weighted by atomic mass is 16.5. The molecule has 114 valence electrons. The van der Waals surface area contributed by atoms with Gasteiger partial charge < -0.3 is 9.47 Å². The topological polar surface area (TPSA) is 52.6 Å². The van der Waals surface area contributed by atoms with Crippen molar-refractivity contribution in [2.75, 3.05) is 14.2 Å². The van der Waals surface area contributed by atoms with E-state index in [4.69, 9.17) is 0 Å². The Hall–Kier alpha value is -2.10. The summed E-state index contributed by atoms with van der Waals surface area (Å²) in [6.45, 7) is 2.04. The van der Waals surface area contributed by atoms with Gasteiger partial charge in [0.05, 0.1) is 14.2 Å². The summed E-state index contributed by atoms with van der Waals surface area (Å²) in [4.78, 5) is 23.1. The lowest BCUT2D eigenvalue weighted by Gasteiger charge is -2.12. The van der Waals surface area contributed by atoms with Crippen LogP contribution in [0.1, 0.15) is 31.7 Å². The summed E-state index contributed by atoms with van der Waals surface area (Å²) in [5.74, 6) is -1.90. The average Bonchev–Trinajstić information content (AvgIpc) is 2.51. The second kappa shape index (κ2) is 8.95. The first-order valence-corrected chi connectivity index (χ1v) is 6.96. The Labute approximate surface area is 125 Å². The summed E-state index contributed by atoms with van der Waals surface area (Å²) in [7, 11) is 2.55. The largest absolute Gasteiger partial charge is 0.468 e. The molecule has 0 saturated heterocycles. The van der Waals surface area contributed by atoms with Crippen molar-refractivity contribution in [2.24, 2.45) is 5.92 Å². The SMILES string of the molecule is COC(=O)C(CCC/C(C)=C/c1ccccc1)C(=O)OC. The molecular weight excluding hydrogens is 268 g/mol. The van der Waals surface area contributed by atoms with Gasteiger partial charge in [-0.1, -0.05) is 42.0 Å². The summed E-state index contributed by atoms with van der Waals surface area (Å²) < 4.78 is 9.27. The van der Waals surface area contributed by atoms with Crippen molar-refractivity contribution in [2.45, 2.75) is 26.2 Å². The van der Waals surface area contributed by atoms with Gasteiger partial charge in [-0.05, 0) is 31.7 Å².